The number of aryl methyl sites for hydroxylation is 2. The van der Waals surface area contributed by atoms with E-state index in [2.05, 4.69) is 10.4 Å². The number of hydrogen-bond donors (Lipinski definition) is 2. The molecule has 102 valence electrons. The number of nitrogens with zero attached hydrogens (tertiary/aromatic N) is 2. The Balaban J connectivity index is 2.24. The monoisotopic (exact) mass is 270 g/mol. The van der Waals surface area contributed by atoms with Crippen molar-refractivity contribution in [2.75, 3.05) is 0 Å². The van der Waals surface area contributed by atoms with Crippen LogP contribution in [0.3, 0.4) is 0 Å². The second-order valence-electron chi connectivity index (χ2n) is 4.80. The lowest BCUT2D eigenvalue weighted by Crippen LogP contribution is -2.26. The predicted molar refractivity (Wildman–Crippen MR) is 75.8 cm³/mol. The fourth-order valence-corrected chi connectivity index (χ4v) is 2.68. The molecule has 1 aromatic carbocycles. The average molecular weight is 270 g/mol. The number of hydrazone groups is 1. The van der Waals surface area contributed by atoms with Gasteiger partial charge in [-0.1, -0.05) is 6.07 Å². The summed E-state index contributed by atoms with van der Waals surface area (Å²) in [6.45, 7) is 2.48. The van der Waals surface area contributed by atoms with Crippen molar-refractivity contribution in [2.24, 2.45) is 10.9 Å². The van der Waals surface area contributed by atoms with Crippen LogP contribution in [-0.2, 0) is 6.54 Å². The van der Waals surface area contributed by atoms with Gasteiger partial charge < -0.3 is 15.7 Å². The zero-order chi connectivity index (χ0) is 14.3. The molecule has 1 amide bonds. The van der Waals surface area contributed by atoms with Gasteiger partial charge in [0.2, 0.25) is 0 Å². The van der Waals surface area contributed by atoms with Crippen LogP contribution >= 0.6 is 0 Å². The number of Topliss-reactive ketones (excluding diaryl/α,β-unsaturated/α-hetero) is 1. The second kappa shape index (κ2) is 4.48. The molecule has 0 fully saturated rings. The third-order valence-corrected chi connectivity index (χ3v) is 3.64. The molecule has 2 heterocycles. The van der Waals surface area contributed by atoms with Crippen LogP contribution in [0.25, 0.3) is 10.9 Å². The summed E-state index contributed by atoms with van der Waals surface area (Å²) in [6.07, 6.45) is 1.56. The van der Waals surface area contributed by atoms with Crippen molar-refractivity contribution < 1.29 is 9.59 Å². The van der Waals surface area contributed by atoms with Gasteiger partial charge in [-0.25, -0.2) is 0 Å². The van der Waals surface area contributed by atoms with Crippen LogP contribution in [0.1, 0.15) is 32.8 Å². The summed E-state index contributed by atoms with van der Waals surface area (Å²) in [5.41, 5.74) is 3.08. The third-order valence-electron chi connectivity index (χ3n) is 3.64. The smallest absolute Gasteiger partial charge is 0.273 e. The summed E-state index contributed by atoms with van der Waals surface area (Å²) >= 11 is 0. The Morgan fingerprint density at radius 2 is 2.30 bits per heavy atom. The molecule has 1 aliphatic rings. The zero-order valence-electron chi connectivity index (χ0n) is 11.0. The fourth-order valence-electron chi connectivity index (χ4n) is 2.68. The quantitative estimate of drug-likeness (QED) is 0.371. The summed E-state index contributed by atoms with van der Waals surface area (Å²) in [4.78, 5) is 24.1. The number of benzene rings is 1. The summed E-state index contributed by atoms with van der Waals surface area (Å²) in [5, 5.41) is 6.68. The molecular weight excluding hydrogens is 256 g/mol. The molecule has 0 radical (unpaired) electrons. The molecule has 1 aliphatic heterocycles. The highest BCUT2D eigenvalue weighted by atomic mass is 16.2. The molecule has 0 saturated heterocycles. The molecule has 20 heavy (non-hydrogen) atoms. The van der Waals surface area contributed by atoms with Crippen LogP contribution in [-0.4, -0.2) is 22.6 Å². The Morgan fingerprint density at radius 3 is 3.05 bits per heavy atom. The number of rotatable bonds is 2. The van der Waals surface area contributed by atoms with Crippen molar-refractivity contribution >= 4 is 28.9 Å². The fraction of sp³-hybridized carbons (Fsp3) is 0.214. The van der Waals surface area contributed by atoms with E-state index in [0.29, 0.717) is 24.2 Å². The van der Waals surface area contributed by atoms with Crippen LogP contribution in [0.4, 0.5) is 0 Å². The molecular formula is C14H14N4O2. The number of nitrogens with one attached hydrogen (secondary N) is 1. The molecule has 6 heteroatoms. The second-order valence-corrected chi connectivity index (χ2v) is 4.80. The molecule has 0 unspecified atom stereocenters. The molecule has 0 aliphatic carbocycles. The largest absolute Gasteiger partial charge is 0.335 e. The van der Waals surface area contributed by atoms with E-state index in [1.165, 1.54) is 0 Å². The minimum atomic E-state index is -0.282. The SMILES string of the molecule is Cc1ccc2c3c1cc(C(=O)NC=NN)n3CCC2=O. The molecule has 1 aromatic heterocycles. The first-order valence-electron chi connectivity index (χ1n) is 6.32. The lowest BCUT2D eigenvalue weighted by Gasteiger charge is -2.17. The van der Waals surface area contributed by atoms with Gasteiger partial charge in [0.1, 0.15) is 12.0 Å². The summed E-state index contributed by atoms with van der Waals surface area (Å²) in [5.74, 6) is 4.82. The third kappa shape index (κ3) is 1.69. The Morgan fingerprint density at radius 1 is 1.50 bits per heavy atom. The molecule has 3 N–H and O–H groups in total. The molecule has 3 rings (SSSR count). The van der Waals surface area contributed by atoms with E-state index in [1.807, 2.05) is 29.7 Å². The number of carbonyl (C=O) groups excluding carboxylic acids is 2. The number of nitrogens with two attached hydrogens (primary N) is 1. The van der Waals surface area contributed by atoms with Crippen molar-refractivity contribution in [2.45, 2.75) is 19.9 Å². The predicted octanol–water partition coefficient (Wildman–Crippen LogP) is 1.17. The number of amides is 1. The Labute approximate surface area is 115 Å². The van der Waals surface area contributed by atoms with Gasteiger partial charge in [-0.05, 0) is 24.6 Å². The van der Waals surface area contributed by atoms with Gasteiger partial charge in [0.25, 0.3) is 5.91 Å². The number of hydrogen-bond acceptors (Lipinski definition) is 4. The van der Waals surface area contributed by atoms with Crippen molar-refractivity contribution in [3.63, 3.8) is 0 Å². The number of ketones is 1. The maximum Gasteiger partial charge on any atom is 0.273 e. The zero-order valence-corrected chi connectivity index (χ0v) is 11.0. The van der Waals surface area contributed by atoms with Gasteiger partial charge in [-0.3, -0.25) is 9.59 Å². The minimum absolute atomic E-state index is 0.121. The van der Waals surface area contributed by atoms with E-state index in [1.54, 1.807) is 0 Å². The van der Waals surface area contributed by atoms with E-state index in [9.17, 15) is 9.59 Å². The van der Waals surface area contributed by atoms with Crippen molar-refractivity contribution in [3.8, 4) is 0 Å². The Kier molecular flexibility index (Phi) is 2.78. The molecule has 0 spiro atoms. The lowest BCUT2D eigenvalue weighted by atomic mass is 10.00. The van der Waals surface area contributed by atoms with Gasteiger partial charge in [0, 0.05) is 23.9 Å². The van der Waals surface area contributed by atoms with Crippen LogP contribution < -0.4 is 11.2 Å². The number of carbonyl (C=O) groups is 2. The molecule has 0 saturated carbocycles. The van der Waals surface area contributed by atoms with E-state index < -0.39 is 0 Å². The van der Waals surface area contributed by atoms with Crippen LogP contribution in [0, 0.1) is 6.92 Å². The van der Waals surface area contributed by atoms with E-state index in [-0.39, 0.29) is 11.7 Å². The summed E-state index contributed by atoms with van der Waals surface area (Å²) in [7, 11) is 0. The van der Waals surface area contributed by atoms with E-state index in [4.69, 9.17) is 5.84 Å². The first-order valence-corrected chi connectivity index (χ1v) is 6.32. The molecule has 2 aromatic rings. The van der Waals surface area contributed by atoms with Crippen LogP contribution in [0.15, 0.2) is 23.3 Å². The molecule has 6 nitrogen and oxygen atoms in total. The molecule has 0 atom stereocenters. The molecule has 0 bridgehead atoms. The van der Waals surface area contributed by atoms with Crippen LogP contribution in [0.5, 0.6) is 0 Å². The van der Waals surface area contributed by atoms with Crippen molar-refractivity contribution in [3.05, 3.63) is 35.0 Å². The van der Waals surface area contributed by atoms with Gasteiger partial charge in [0.15, 0.2) is 5.78 Å². The highest BCUT2D eigenvalue weighted by Gasteiger charge is 2.25. The van der Waals surface area contributed by atoms with Crippen molar-refractivity contribution in [1.29, 1.82) is 0 Å². The van der Waals surface area contributed by atoms with Gasteiger partial charge in [0.05, 0.1) is 5.52 Å². The van der Waals surface area contributed by atoms with E-state index >= 15 is 0 Å². The standard InChI is InChI=1S/C14H14N4O2/c1-8-2-3-9-12(19)4-5-18-11(6-10(8)13(9)18)14(20)16-7-17-15/h2-3,6-7H,4-5,15H2,1H3,(H,16,17,20). The maximum absolute atomic E-state index is 12.1. The first kappa shape index (κ1) is 12.4. The van der Waals surface area contributed by atoms with Gasteiger partial charge in [-0.15, -0.1) is 0 Å². The first-order chi connectivity index (χ1) is 9.63. The normalized spacial score (nSPS) is 14.2. The summed E-state index contributed by atoms with van der Waals surface area (Å²) in [6, 6.07) is 5.55. The number of aromatic nitrogens is 1. The Hall–Kier alpha value is -2.63. The van der Waals surface area contributed by atoms with Crippen molar-refractivity contribution in [1.82, 2.24) is 9.88 Å². The highest BCUT2D eigenvalue weighted by Crippen LogP contribution is 2.31. The summed E-state index contributed by atoms with van der Waals surface area (Å²) < 4.78 is 1.89. The Bertz CT molecular complexity index is 758. The van der Waals surface area contributed by atoms with Gasteiger partial charge >= 0.3 is 0 Å². The highest BCUT2D eigenvalue weighted by molar-refractivity contribution is 6.12. The van der Waals surface area contributed by atoms with Crippen LogP contribution in [0.2, 0.25) is 0 Å². The van der Waals surface area contributed by atoms with E-state index in [0.717, 1.165) is 22.8 Å². The maximum atomic E-state index is 12.1. The lowest BCUT2D eigenvalue weighted by molar-refractivity contribution is 0.0947. The van der Waals surface area contributed by atoms with Gasteiger partial charge in [-0.2, -0.15) is 5.10 Å². The topological polar surface area (TPSA) is 89.5 Å². The average Bonchev–Trinajstić information content (AvgIpc) is 2.83. The minimum Gasteiger partial charge on any atom is -0.335 e.